The van der Waals surface area contributed by atoms with Gasteiger partial charge in [-0.05, 0) is 48.1 Å². The van der Waals surface area contributed by atoms with Crippen LogP contribution in [0.5, 0.6) is 0 Å². The molecule has 1 fully saturated rings. The third-order valence-electron chi connectivity index (χ3n) is 6.01. The van der Waals surface area contributed by atoms with Gasteiger partial charge < -0.3 is 9.64 Å². The van der Waals surface area contributed by atoms with Gasteiger partial charge in [0.1, 0.15) is 0 Å². The number of morpholine rings is 1. The summed E-state index contributed by atoms with van der Waals surface area (Å²) in [7, 11) is 0. The summed E-state index contributed by atoms with van der Waals surface area (Å²) in [5, 5.41) is 7.20. The molecule has 0 spiro atoms. The summed E-state index contributed by atoms with van der Waals surface area (Å²) in [5.74, 6) is 0.968. The summed E-state index contributed by atoms with van der Waals surface area (Å²) in [6.45, 7) is 7.86. The monoisotopic (exact) mass is 441 g/mol. The van der Waals surface area contributed by atoms with Crippen molar-refractivity contribution in [3.63, 3.8) is 0 Å². The molecular weight excluding hydrogens is 414 g/mol. The predicted molar refractivity (Wildman–Crippen MR) is 123 cm³/mol. The molecule has 0 radical (unpaired) electrons. The number of hydrogen-bond acceptors (Lipinski definition) is 6. The van der Waals surface area contributed by atoms with Gasteiger partial charge in [-0.2, -0.15) is 0 Å². The number of aromatic nitrogens is 3. The number of hydrogen-bond donors (Lipinski definition) is 0. The van der Waals surface area contributed by atoms with Crippen LogP contribution in [0, 0.1) is 4.77 Å². The number of anilines is 1. The zero-order valence-electron chi connectivity index (χ0n) is 17.2. The van der Waals surface area contributed by atoms with E-state index in [2.05, 4.69) is 63.1 Å². The molecule has 2 aliphatic heterocycles. The summed E-state index contributed by atoms with van der Waals surface area (Å²) < 4.78 is 10.5. The van der Waals surface area contributed by atoms with Crippen molar-refractivity contribution >= 4 is 29.5 Å². The fourth-order valence-corrected chi connectivity index (χ4v) is 5.73. The molecule has 3 aromatic rings. The van der Waals surface area contributed by atoms with Gasteiger partial charge in [-0.15, -0.1) is 16.4 Å². The lowest BCUT2D eigenvalue weighted by atomic mass is 9.94. The van der Waals surface area contributed by atoms with Gasteiger partial charge in [0.2, 0.25) is 10.7 Å². The van der Waals surface area contributed by atoms with E-state index in [0.717, 1.165) is 56.5 Å². The summed E-state index contributed by atoms with van der Waals surface area (Å²) in [6.07, 6.45) is 1.08. The van der Waals surface area contributed by atoms with Crippen LogP contribution in [-0.4, -0.2) is 52.1 Å². The molecule has 0 unspecified atom stereocenters. The lowest BCUT2D eigenvalue weighted by Crippen LogP contribution is -2.38. The van der Waals surface area contributed by atoms with E-state index in [1.54, 1.807) is 0 Å². The van der Waals surface area contributed by atoms with E-state index in [1.807, 2.05) is 16.0 Å². The first-order valence-corrected chi connectivity index (χ1v) is 11.9. The zero-order chi connectivity index (χ0) is 20.5. The molecule has 1 aromatic carbocycles. The molecule has 30 heavy (non-hydrogen) atoms. The second-order valence-electron chi connectivity index (χ2n) is 7.74. The van der Waals surface area contributed by atoms with Crippen molar-refractivity contribution in [2.24, 2.45) is 0 Å². The minimum absolute atomic E-state index is 0.238. The largest absolute Gasteiger partial charge is 0.378 e. The molecule has 6 nitrogen and oxygen atoms in total. The van der Waals surface area contributed by atoms with E-state index >= 15 is 0 Å². The van der Waals surface area contributed by atoms with Gasteiger partial charge in [0.15, 0.2) is 0 Å². The lowest BCUT2D eigenvalue weighted by molar-refractivity contribution is 0.121. The molecule has 2 aliphatic rings. The van der Waals surface area contributed by atoms with Crippen LogP contribution in [0.3, 0.4) is 0 Å². The molecule has 5 rings (SSSR count). The highest BCUT2D eigenvalue weighted by atomic mass is 32.1. The van der Waals surface area contributed by atoms with Crippen molar-refractivity contribution in [1.29, 1.82) is 0 Å². The standard InChI is InChI=1S/C22H27N5OS2/c1-2-26-21(24-11-13-28-14-12-24)23-27(22(26)29)16-25-10-8-19-18(9-15-30-19)20(25)17-6-4-3-5-7-17/h3-7,9,15,20H,2,8,10-14,16H2,1H3/t20-/m1/s1. The number of benzene rings is 1. The normalized spacial score (nSPS) is 19.8. The number of rotatable bonds is 5. The summed E-state index contributed by atoms with van der Waals surface area (Å²) in [6, 6.07) is 13.3. The summed E-state index contributed by atoms with van der Waals surface area (Å²) in [5.41, 5.74) is 2.75. The van der Waals surface area contributed by atoms with Crippen molar-refractivity contribution in [2.45, 2.75) is 32.6 Å². The third kappa shape index (κ3) is 3.62. The van der Waals surface area contributed by atoms with E-state index in [9.17, 15) is 0 Å². The van der Waals surface area contributed by atoms with Crippen molar-refractivity contribution in [3.05, 3.63) is 62.6 Å². The molecule has 0 N–H and O–H groups in total. The average Bonchev–Trinajstić information content (AvgIpc) is 3.39. The van der Waals surface area contributed by atoms with E-state index in [-0.39, 0.29) is 6.04 Å². The Bertz CT molecular complexity index is 1050. The zero-order valence-corrected chi connectivity index (χ0v) is 18.9. The number of fused-ring (bicyclic) bond motifs is 1. The first-order valence-electron chi connectivity index (χ1n) is 10.6. The maximum Gasteiger partial charge on any atom is 0.226 e. The Labute approximate surface area is 186 Å². The van der Waals surface area contributed by atoms with Gasteiger partial charge in [-0.3, -0.25) is 9.47 Å². The van der Waals surface area contributed by atoms with Gasteiger partial charge in [-0.1, -0.05) is 30.3 Å². The van der Waals surface area contributed by atoms with Crippen LogP contribution >= 0.6 is 23.6 Å². The van der Waals surface area contributed by atoms with Crippen LogP contribution in [0.25, 0.3) is 0 Å². The van der Waals surface area contributed by atoms with Crippen LogP contribution in [0.1, 0.15) is 29.0 Å². The van der Waals surface area contributed by atoms with Crippen LogP contribution in [0.4, 0.5) is 5.95 Å². The summed E-state index contributed by atoms with van der Waals surface area (Å²) >= 11 is 7.72. The Hall–Kier alpha value is -2.00. The van der Waals surface area contributed by atoms with Gasteiger partial charge in [-0.25, -0.2) is 4.68 Å². The first kappa shape index (κ1) is 19.9. The second-order valence-corrected chi connectivity index (χ2v) is 9.11. The molecule has 8 heteroatoms. The van der Waals surface area contributed by atoms with E-state index < -0.39 is 0 Å². The van der Waals surface area contributed by atoms with Gasteiger partial charge in [0.25, 0.3) is 0 Å². The molecule has 0 amide bonds. The van der Waals surface area contributed by atoms with Gasteiger partial charge in [0.05, 0.1) is 25.9 Å². The Morgan fingerprint density at radius 1 is 1.13 bits per heavy atom. The SMILES string of the molecule is CCn1c(N2CCOCC2)nn(CN2CCc3sccc3[C@H]2c2ccccc2)c1=S. The fourth-order valence-electron chi connectivity index (χ4n) is 4.51. The maximum atomic E-state index is 5.85. The molecule has 1 atom stereocenters. The minimum atomic E-state index is 0.238. The molecular formula is C22H27N5OS2. The Morgan fingerprint density at radius 3 is 2.70 bits per heavy atom. The van der Waals surface area contributed by atoms with Gasteiger partial charge in [0, 0.05) is 31.1 Å². The lowest BCUT2D eigenvalue weighted by Gasteiger charge is -2.36. The van der Waals surface area contributed by atoms with Crippen molar-refractivity contribution in [2.75, 3.05) is 37.7 Å². The number of thiophene rings is 1. The van der Waals surface area contributed by atoms with E-state index in [1.165, 1.54) is 16.0 Å². The quantitative estimate of drug-likeness (QED) is 0.561. The Morgan fingerprint density at radius 2 is 1.93 bits per heavy atom. The molecule has 0 saturated carbocycles. The number of ether oxygens (including phenoxy) is 1. The van der Waals surface area contributed by atoms with Crippen molar-refractivity contribution < 1.29 is 4.74 Å². The van der Waals surface area contributed by atoms with Gasteiger partial charge >= 0.3 is 0 Å². The molecule has 1 saturated heterocycles. The molecule has 0 aliphatic carbocycles. The Kier molecular flexibility index (Phi) is 5.73. The molecule has 158 valence electrons. The first-order chi connectivity index (χ1) is 14.8. The third-order valence-corrected chi connectivity index (χ3v) is 7.44. The average molecular weight is 442 g/mol. The molecule has 4 heterocycles. The van der Waals surface area contributed by atoms with Crippen LogP contribution < -0.4 is 4.90 Å². The predicted octanol–water partition coefficient (Wildman–Crippen LogP) is 3.94. The topological polar surface area (TPSA) is 38.5 Å². The maximum absolute atomic E-state index is 5.85. The van der Waals surface area contributed by atoms with E-state index in [4.69, 9.17) is 22.1 Å². The highest BCUT2D eigenvalue weighted by molar-refractivity contribution is 7.71. The minimum Gasteiger partial charge on any atom is -0.378 e. The van der Waals surface area contributed by atoms with E-state index in [0.29, 0.717) is 6.67 Å². The van der Waals surface area contributed by atoms with Crippen molar-refractivity contribution in [3.8, 4) is 0 Å². The van der Waals surface area contributed by atoms with Crippen LogP contribution in [0.15, 0.2) is 41.8 Å². The van der Waals surface area contributed by atoms with Crippen LogP contribution in [0.2, 0.25) is 0 Å². The number of nitrogens with zero attached hydrogens (tertiary/aromatic N) is 5. The summed E-state index contributed by atoms with van der Waals surface area (Å²) in [4.78, 5) is 6.30. The van der Waals surface area contributed by atoms with Crippen molar-refractivity contribution in [1.82, 2.24) is 19.2 Å². The highest BCUT2D eigenvalue weighted by Crippen LogP contribution is 2.38. The fraction of sp³-hybridized carbons (Fsp3) is 0.455. The highest BCUT2D eigenvalue weighted by Gasteiger charge is 2.30. The van der Waals surface area contributed by atoms with Crippen LogP contribution in [-0.2, 0) is 24.4 Å². The Balaban J connectivity index is 1.49. The second kappa shape index (κ2) is 8.63. The molecule has 2 aromatic heterocycles. The molecule has 0 bridgehead atoms. The smallest absolute Gasteiger partial charge is 0.226 e.